The smallest absolute Gasteiger partial charge is 0.255 e. The molecule has 0 atom stereocenters. The van der Waals surface area contributed by atoms with Gasteiger partial charge in [-0.3, -0.25) is 9.48 Å². The minimum atomic E-state index is -0.105. The number of nitrogens with zero attached hydrogens (tertiary/aromatic N) is 5. The monoisotopic (exact) mass is 418 g/mol. The van der Waals surface area contributed by atoms with Gasteiger partial charge in [0.2, 0.25) is 0 Å². The van der Waals surface area contributed by atoms with Gasteiger partial charge in [0, 0.05) is 44.6 Å². The van der Waals surface area contributed by atoms with Crippen LogP contribution in [0, 0.1) is 6.92 Å². The SMILES string of the molecule is CCN1CCN(c2cc(CNC(=O)c3cnn(Cc4ccccc4)c3C)ccn2)CC1. The van der Waals surface area contributed by atoms with Crippen molar-refractivity contribution in [1.82, 2.24) is 25.0 Å². The summed E-state index contributed by atoms with van der Waals surface area (Å²) in [5.74, 6) is 0.876. The van der Waals surface area contributed by atoms with E-state index < -0.39 is 0 Å². The lowest BCUT2D eigenvalue weighted by Crippen LogP contribution is -2.46. The molecular weight excluding hydrogens is 388 g/mol. The first kappa shape index (κ1) is 21.1. The highest BCUT2D eigenvalue weighted by Gasteiger charge is 2.18. The van der Waals surface area contributed by atoms with Crippen LogP contribution in [0.25, 0.3) is 0 Å². The first-order valence-corrected chi connectivity index (χ1v) is 10.9. The summed E-state index contributed by atoms with van der Waals surface area (Å²) in [5, 5.41) is 7.44. The molecule has 7 heteroatoms. The van der Waals surface area contributed by atoms with Crippen LogP contribution in [0.15, 0.2) is 54.9 Å². The van der Waals surface area contributed by atoms with Crippen molar-refractivity contribution in [2.75, 3.05) is 37.6 Å². The number of rotatable bonds is 7. The highest BCUT2D eigenvalue weighted by Crippen LogP contribution is 2.16. The maximum atomic E-state index is 12.8. The van der Waals surface area contributed by atoms with E-state index in [4.69, 9.17) is 0 Å². The van der Waals surface area contributed by atoms with Crippen LogP contribution in [0.4, 0.5) is 5.82 Å². The predicted octanol–water partition coefficient (Wildman–Crippen LogP) is 2.71. The average molecular weight is 419 g/mol. The van der Waals surface area contributed by atoms with Crippen molar-refractivity contribution in [1.29, 1.82) is 0 Å². The molecule has 162 valence electrons. The van der Waals surface area contributed by atoms with E-state index in [0.29, 0.717) is 18.7 Å². The zero-order valence-electron chi connectivity index (χ0n) is 18.3. The molecule has 1 aromatic carbocycles. The van der Waals surface area contributed by atoms with E-state index in [1.807, 2.05) is 42.1 Å². The minimum Gasteiger partial charge on any atom is -0.354 e. The third-order valence-electron chi connectivity index (χ3n) is 5.93. The summed E-state index contributed by atoms with van der Waals surface area (Å²) in [7, 11) is 0. The molecule has 1 fully saturated rings. The second-order valence-corrected chi connectivity index (χ2v) is 7.91. The summed E-state index contributed by atoms with van der Waals surface area (Å²) in [6.45, 7) is 10.4. The molecule has 0 saturated carbocycles. The lowest BCUT2D eigenvalue weighted by atomic mass is 10.2. The third-order valence-corrected chi connectivity index (χ3v) is 5.93. The molecule has 1 aliphatic heterocycles. The van der Waals surface area contributed by atoms with Gasteiger partial charge in [-0.05, 0) is 36.7 Å². The Bertz CT molecular complexity index is 1010. The van der Waals surface area contributed by atoms with Gasteiger partial charge in [-0.1, -0.05) is 37.3 Å². The molecule has 3 heterocycles. The first-order valence-electron chi connectivity index (χ1n) is 10.9. The Morgan fingerprint density at radius 3 is 2.58 bits per heavy atom. The van der Waals surface area contributed by atoms with Crippen molar-refractivity contribution in [3.63, 3.8) is 0 Å². The van der Waals surface area contributed by atoms with Crippen LogP contribution in [-0.4, -0.2) is 58.3 Å². The van der Waals surface area contributed by atoms with Crippen molar-refractivity contribution < 1.29 is 4.79 Å². The zero-order chi connectivity index (χ0) is 21.6. The summed E-state index contributed by atoms with van der Waals surface area (Å²) in [6.07, 6.45) is 3.48. The highest BCUT2D eigenvalue weighted by atomic mass is 16.1. The number of aromatic nitrogens is 3. The topological polar surface area (TPSA) is 66.3 Å². The third kappa shape index (κ3) is 5.11. The Hall–Kier alpha value is -3.19. The van der Waals surface area contributed by atoms with Crippen LogP contribution in [0.1, 0.15) is 34.1 Å². The average Bonchev–Trinajstić information content (AvgIpc) is 3.18. The molecule has 1 saturated heterocycles. The van der Waals surface area contributed by atoms with Crippen molar-refractivity contribution in [3.8, 4) is 0 Å². The van der Waals surface area contributed by atoms with Crippen molar-refractivity contribution in [3.05, 3.63) is 77.2 Å². The van der Waals surface area contributed by atoms with Gasteiger partial charge in [-0.2, -0.15) is 5.10 Å². The quantitative estimate of drug-likeness (QED) is 0.639. The Morgan fingerprint density at radius 1 is 1.06 bits per heavy atom. The molecule has 0 unspecified atom stereocenters. The summed E-state index contributed by atoms with van der Waals surface area (Å²) in [6, 6.07) is 14.2. The Morgan fingerprint density at radius 2 is 1.84 bits per heavy atom. The molecule has 1 N–H and O–H groups in total. The molecule has 3 aromatic rings. The fourth-order valence-corrected chi connectivity index (χ4v) is 3.90. The second kappa shape index (κ2) is 9.75. The van der Waals surface area contributed by atoms with E-state index in [9.17, 15) is 4.79 Å². The molecule has 31 heavy (non-hydrogen) atoms. The Balaban J connectivity index is 1.36. The van der Waals surface area contributed by atoms with E-state index >= 15 is 0 Å². The number of hydrogen-bond donors (Lipinski definition) is 1. The minimum absolute atomic E-state index is 0.105. The number of piperazine rings is 1. The number of carbonyl (C=O) groups is 1. The number of nitrogens with one attached hydrogen (secondary N) is 1. The summed E-state index contributed by atoms with van der Waals surface area (Å²) in [4.78, 5) is 22.1. The van der Waals surface area contributed by atoms with Crippen LogP contribution in [0.5, 0.6) is 0 Å². The molecule has 0 bridgehead atoms. The van der Waals surface area contributed by atoms with Gasteiger partial charge in [0.1, 0.15) is 5.82 Å². The Labute approximate surface area is 183 Å². The molecule has 1 amide bonds. The molecule has 0 radical (unpaired) electrons. The largest absolute Gasteiger partial charge is 0.354 e. The molecule has 0 aliphatic carbocycles. The number of anilines is 1. The van der Waals surface area contributed by atoms with Crippen LogP contribution in [-0.2, 0) is 13.1 Å². The van der Waals surface area contributed by atoms with Crippen molar-refractivity contribution >= 4 is 11.7 Å². The van der Waals surface area contributed by atoms with E-state index in [2.05, 4.69) is 50.3 Å². The lowest BCUT2D eigenvalue weighted by molar-refractivity contribution is 0.0950. The maximum absolute atomic E-state index is 12.8. The van der Waals surface area contributed by atoms with E-state index in [0.717, 1.165) is 55.4 Å². The van der Waals surface area contributed by atoms with E-state index in [1.165, 1.54) is 0 Å². The van der Waals surface area contributed by atoms with Crippen molar-refractivity contribution in [2.24, 2.45) is 0 Å². The lowest BCUT2D eigenvalue weighted by Gasteiger charge is -2.34. The summed E-state index contributed by atoms with van der Waals surface area (Å²) < 4.78 is 1.87. The molecule has 7 nitrogen and oxygen atoms in total. The van der Waals surface area contributed by atoms with Gasteiger partial charge in [0.25, 0.3) is 5.91 Å². The van der Waals surface area contributed by atoms with Crippen LogP contribution >= 0.6 is 0 Å². The number of amides is 1. The fraction of sp³-hybridized carbons (Fsp3) is 0.375. The van der Waals surface area contributed by atoms with E-state index in [1.54, 1.807) is 6.20 Å². The molecule has 0 spiro atoms. The number of benzene rings is 1. The summed E-state index contributed by atoms with van der Waals surface area (Å²) >= 11 is 0. The van der Waals surface area contributed by atoms with Gasteiger partial charge in [-0.25, -0.2) is 4.98 Å². The second-order valence-electron chi connectivity index (χ2n) is 7.91. The van der Waals surface area contributed by atoms with E-state index in [-0.39, 0.29) is 5.91 Å². The van der Waals surface area contributed by atoms with Crippen molar-refractivity contribution in [2.45, 2.75) is 26.9 Å². The molecule has 4 rings (SSSR count). The number of hydrogen-bond acceptors (Lipinski definition) is 5. The van der Waals surface area contributed by atoms with Gasteiger partial charge in [-0.15, -0.1) is 0 Å². The van der Waals surface area contributed by atoms with Crippen LogP contribution < -0.4 is 10.2 Å². The molecule has 2 aromatic heterocycles. The number of pyridine rings is 1. The predicted molar refractivity (Wildman–Crippen MR) is 122 cm³/mol. The molecular formula is C24H30N6O. The van der Waals surface area contributed by atoms with Gasteiger partial charge in [0.15, 0.2) is 0 Å². The summed E-state index contributed by atoms with van der Waals surface area (Å²) in [5.41, 5.74) is 3.68. The normalized spacial score (nSPS) is 14.6. The Kier molecular flexibility index (Phi) is 6.62. The number of carbonyl (C=O) groups excluding carboxylic acids is 1. The zero-order valence-corrected chi connectivity index (χ0v) is 18.3. The fourth-order valence-electron chi connectivity index (χ4n) is 3.90. The van der Waals surface area contributed by atoms with Crippen LogP contribution in [0.3, 0.4) is 0 Å². The number of likely N-dealkylation sites (N-methyl/N-ethyl adjacent to an activating group) is 1. The van der Waals surface area contributed by atoms with Gasteiger partial charge >= 0.3 is 0 Å². The highest BCUT2D eigenvalue weighted by molar-refractivity contribution is 5.95. The maximum Gasteiger partial charge on any atom is 0.255 e. The molecule has 1 aliphatic rings. The van der Waals surface area contributed by atoms with Crippen LogP contribution in [0.2, 0.25) is 0 Å². The standard InChI is InChI=1S/C24H30N6O/c1-3-28-11-13-29(14-12-28)23-15-21(9-10-25-23)16-26-24(31)22-17-27-30(19(22)2)18-20-7-5-4-6-8-20/h4-10,15,17H,3,11-14,16,18H2,1-2H3,(H,26,31). The van der Waals surface area contributed by atoms with Gasteiger partial charge < -0.3 is 15.1 Å². The van der Waals surface area contributed by atoms with Gasteiger partial charge in [0.05, 0.1) is 18.3 Å². The first-order chi connectivity index (χ1) is 15.1.